The summed E-state index contributed by atoms with van der Waals surface area (Å²) in [5.41, 5.74) is 6.05. The van der Waals surface area contributed by atoms with Crippen LogP contribution in [-0.4, -0.2) is 26.2 Å². The lowest BCUT2D eigenvalue weighted by molar-refractivity contribution is 0.202. The van der Waals surface area contributed by atoms with Crippen LogP contribution >= 0.6 is 0 Å². The van der Waals surface area contributed by atoms with Crippen molar-refractivity contribution in [3.8, 4) is 5.75 Å². The molecule has 0 unspecified atom stereocenters. The van der Waals surface area contributed by atoms with Gasteiger partial charge in [-0.25, -0.2) is 4.18 Å². The molecule has 0 aliphatic heterocycles. The average molecular weight is 233 g/mol. The van der Waals surface area contributed by atoms with Crippen molar-refractivity contribution in [1.29, 1.82) is 0 Å². The van der Waals surface area contributed by atoms with Gasteiger partial charge in [0.25, 0.3) is 0 Å². The van der Waals surface area contributed by atoms with Gasteiger partial charge in [0.15, 0.2) is 0 Å². The zero-order valence-corrected chi connectivity index (χ0v) is 8.61. The van der Waals surface area contributed by atoms with Gasteiger partial charge in [0, 0.05) is 5.69 Å². The molecule has 7 heteroatoms. The lowest BCUT2D eigenvalue weighted by Gasteiger charge is -2.05. The SMILES string of the molecule is Nc1ccc(OCCOS(=O)(=O)O)cc1. The monoisotopic (exact) mass is 233 g/mol. The first-order chi connectivity index (χ1) is 6.97. The van der Waals surface area contributed by atoms with Crippen molar-refractivity contribution < 1.29 is 21.9 Å². The summed E-state index contributed by atoms with van der Waals surface area (Å²) in [5.74, 6) is 0.545. The molecule has 0 spiro atoms. The molecule has 0 saturated carbocycles. The van der Waals surface area contributed by atoms with Crippen LogP contribution in [0.5, 0.6) is 5.75 Å². The van der Waals surface area contributed by atoms with Crippen LogP contribution in [0.15, 0.2) is 24.3 Å². The highest BCUT2D eigenvalue weighted by molar-refractivity contribution is 7.80. The second kappa shape index (κ2) is 4.96. The van der Waals surface area contributed by atoms with E-state index in [2.05, 4.69) is 4.18 Å². The molecule has 1 rings (SSSR count). The minimum Gasteiger partial charge on any atom is -0.491 e. The molecule has 0 bridgehead atoms. The number of hydrogen-bond donors (Lipinski definition) is 2. The number of anilines is 1. The Kier molecular flexibility index (Phi) is 3.89. The van der Waals surface area contributed by atoms with Crippen molar-refractivity contribution >= 4 is 16.1 Å². The van der Waals surface area contributed by atoms with E-state index in [-0.39, 0.29) is 13.2 Å². The highest BCUT2D eigenvalue weighted by Crippen LogP contribution is 2.12. The van der Waals surface area contributed by atoms with Crippen LogP contribution in [0.1, 0.15) is 0 Å². The molecule has 1 aromatic carbocycles. The van der Waals surface area contributed by atoms with Crippen LogP contribution in [0.3, 0.4) is 0 Å². The Bertz CT molecular complexity index is 400. The molecule has 1 aromatic rings. The number of rotatable bonds is 5. The molecular weight excluding hydrogens is 222 g/mol. The summed E-state index contributed by atoms with van der Waals surface area (Å²) in [4.78, 5) is 0. The van der Waals surface area contributed by atoms with Gasteiger partial charge in [-0.3, -0.25) is 4.55 Å². The topological polar surface area (TPSA) is 98.9 Å². The van der Waals surface area contributed by atoms with Crippen molar-refractivity contribution in [2.24, 2.45) is 0 Å². The van der Waals surface area contributed by atoms with E-state index >= 15 is 0 Å². The largest absolute Gasteiger partial charge is 0.491 e. The third kappa shape index (κ3) is 5.21. The van der Waals surface area contributed by atoms with Crippen LogP contribution in [0.4, 0.5) is 5.69 Å². The minimum absolute atomic E-state index is 0.0176. The molecule has 6 nitrogen and oxygen atoms in total. The molecule has 3 N–H and O–H groups in total. The number of hydrogen-bond acceptors (Lipinski definition) is 5. The Morgan fingerprint density at radius 2 is 1.80 bits per heavy atom. The van der Waals surface area contributed by atoms with E-state index in [0.717, 1.165) is 0 Å². The van der Waals surface area contributed by atoms with Crippen LogP contribution in [0.2, 0.25) is 0 Å². The molecule has 0 aromatic heterocycles. The first-order valence-electron chi connectivity index (χ1n) is 4.07. The van der Waals surface area contributed by atoms with Gasteiger partial charge in [0.2, 0.25) is 0 Å². The van der Waals surface area contributed by atoms with E-state index in [4.69, 9.17) is 15.0 Å². The zero-order chi connectivity index (χ0) is 11.3. The van der Waals surface area contributed by atoms with Crippen LogP contribution in [0.25, 0.3) is 0 Å². The third-order valence-electron chi connectivity index (χ3n) is 1.46. The molecule has 0 amide bonds. The third-order valence-corrected chi connectivity index (χ3v) is 1.93. The Hall–Kier alpha value is -1.31. The van der Waals surface area contributed by atoms with Crippen molar-refractivity contribution in [3.63, 3.8) is 0 Å². The molecule has 15 heavy (non-hydrogen) atoms. The molecule has 0 fully saturated rings. The van der Waals surface area contributed by atoms with E-state index < -0.39 is 10.4 Å². The van der Waals surface area contributed by atoms with Crippen molar-refractivity contribution in [3.05, 3.63) is 24.3 Å². The van der Waals surface area contributed by atoms with Gasteiger partial charge in [0.05, 0.1) is 0 Å². The molecule has 0 heterocycles. The number of nitrogen functional groups attached to an aromatic ring is 1. The van der Waals surface area contributed by atoms with Crippen molar-refractivity contribution in [2.45, 2.75) is 0 Å². The van der Waals surface area contributed by atoms with E-state index in [1.807, 2.05) is 0 Å². The fourth-order valence-electron chi connectivity index (χ4n) is 0.863. The summed E-state index contributed by atoms with van der Waals surface area (Å²) in [5, 5.41) is 0. The summed E-state index contributed by atoms with van der Waals surface area (Å²) in [6.07, 6.45) is 0. The first kappa shape index (κ1) is 11.8. The lowest BCUT2D eigenvalue weighted by atomic mass is 10.3. The van der Waals surface area contributed by atoms with Gasteiger partial charge in [-0.2, -0.15) is 8.42 Å². The second-order valence-electron chi connectivity index (χ2n) is 2.67. The van der Waals surface area contributed by atoms with E-state index in [9.17, 15) is 8.42 Å². The number of ether oxygens (including phenoxy) is 1. The Morgan fingerprint density at radius 1 is 1.20 bits per heavy atom. The molecule has 0 radical (unpaired) electrons. The highest BCUT2D eigenvalue weighted by Gasteiger charge is 2.03. The minimum atomic E-state index is -4.39. The Balaban J connectivity index is 2.29. The lowest BCUT2D eigenvalue weighted by Crippen LogP contribution is -2.11. The smallest absolute Gasteiger partial charge is 0.397 e. The van der Waals surface area contributed by atoms with Gasteiger partial charge in [-0.1, -0.05) is 0 Å². The van der Waals surface area contributed by atoms with Gasteiger partial charge < -0.3 is 10.5 Å². The second-order valence-corrected chi connectivity index (χ2v) is 3.76. The van der Waals surface area contributed by atoms with Gasteiger partial charge in [-0.05, 0) is 24.3 Å². The molecule has 0 aliphatic rings. The van der Waals surface area contributed by atoms with E-state index in [1.54, 1.807) is 24.3 Å². The molecule has 0 saturated heterocycles. The van der Waals surface area contributed by atoms with Crippen LogP contribution < -0.4 is 10.5 Å². The average Bonchev–Trinajstić information content (AvgIpc) is 2.14. The summed E-state index contributed by atoms with van der Waals surface area (Å²) in [7, 11) is -4.39. The molecule has 0 aliphatic carbocycles. The number of benzene rings is 1. The maximum absolute atomic E-state index is 10.1. The highest BCUT2D eigenvalue weighted by atomic mass is 32.3. The van der Waals surface area contributed by atoms with Gasteiger partial charge in [0.1, 0.15) is 19.0 Å². The fourth-order valence-corrected chi connectivity index (χ4v) is 1.14. The summed E-state index contributed by atoms with van der Waals surface area (Å²) < 4.78 is 37.7. The quantitative estimate of drug-likeness (QED) is 0.435. The molecule has 84 valence electrons. The van der Waals surface area contributed by atoms with Gasteiger partial charge >= 0.3 is 10.4 Å². The Labute approximate surface area is 87.6 Å². The van der Waals surface area contributed by atoms with Crippen molar-refractivity contribution in [1.82, 2.24) is 0 Å². The standard InChI is InChI=1S/C8H11NO5S/c9-7-1-3-8(4-2-7)13-5-6-14-15(10,11)12/h1-4H,5-6,9H2,(H,10,11,12). The number of nitrogens with two attached hydrogens (primary N) is 1. The zero-order valence-electron chi connectivity index (χ0n) is 7.79. The molecule has 0 atom stereocenters. The molecular formula is C8H11NO5S. The normalized spacial score (nSPS) is 11.3. The summed E-state index contributed by atoms with van der Waals surface area (Å²) >= 11 is 0. The van der Waals surface area contributed by atoms with Crippen LogP contribution in [0, 0.1) is 0 Å². The maximum Gasteiger partial charge on any atom is 0.397 e. The van der Waals surface area contributed by atoms with E-state index in [0.29, 0.717) is 11.4 Å². The fraction of sp³-hybridized carbons (Fsp3) is 0.250. The first-order valence-corrected chi connectivity index (χ1v) is 5.44. The summed E-state index contributed by atoms with van der Waals surface area (Å²) in [6.45, 7) is -0.229. The summed E-state index contributed by atoms with van der Waals surface area (Å²) in [6, 6.07) is 6.59. The Morgan fingerprint density at radius 3 is 2.33 bits per heavy atom. The van der Waals surface area contributed by atoms with E-state index in [1.165, 1.54) is 0 Å². The predicted octanol–water partition coefficient (Wildman–Crippen LogP) is 0.467. The van der Waals surface area contributed by atoms with Crippen LogP contribution in [-0.2, 0) is 14.6 Å². The van der Waals surface area contributed by atoms with Gasteiger partial charge in [-0.15, -0.1) is 0 Å². The van der Waals surface area contributed by atoms with Crippen molar-refractivity contribution in [2.75, 3.05) is 18.9 Å². The maximum atomic E-state index is 10.1. The predicted molar refractivity (Wildman–Crippen MR) is 53.9 cm³/mol.